The third-order valence-corrected chi connectivity index (χ3v) is 7.31. The molecule has 0 radical (unpaired) electrons. The lowest BCUT2D eigenvalue weighted by molar-refractivity contribution is -0.136. The van der Waals surface area contributed by atoms with E-state index in [9.17, 15) is 19.2 Å². The maximum Gasteiger partial charge on any atom is 0.262 e. The smallest absolute Gasteiger partial charge is 0.262 e. The summed E-state index contributed by atoms with van der Waals surface area (Å²) in [6, 6.07) is 4.33. The number of rotatable bonds is 6. The standard InChI is InChI=1S/C22H26N4O5/c1-31-12-21-8-22(9-21,10-23)25(11-21)7-13-2-3-14-15(6-13)20(30)26(19(14)29)16-4-5-17(27)24-18(16)28/h2-3,6,16H,4-5,7-12,23H2,1H3,(H,24,27,28). The summed E-state index contributed by atoms with van der Waals surface area (Å²) in [5.41, 5.74) is 7.77. The van der Waals surface area contributed by atoms with Crippen molar-refractivity contribution in [3.63, 3.8) is 0 Å². The van der Waals surface area contributed by atoms with Gasteiger partial charge in [-0.3, -0.25) is 34.3 Å². The highest BCUT2D eigenvalue weighted by Crippen LogP contribution is 2.59. The lowest BCUT2D eigenvalue weighted by Crippen LogP contribution is -2.55. The van der Waals surface area contributed by atoms with Gasteiger partial charge >= 0.3 is 0 Å². The predicted molar refractivity (Wildman–Crippen MR) is 109 cm³/mol. The average molecular weight is 426 g/mol. The number of carbonyl (C=O) groups excluding carboxylic acids is 4. The minimum atomic E-state index is -0.950. The maximum absolute atomic E-state index is 13.0. The van der Waals surface area contributed by atoms with E-state index in [0.29, 0.717) is 30.8 Å². The fourth-order valence-corrected chi connectivity index (χ4v) is 6.04. The molecular weight excluding hydrogens is 400 g/mol. The van der Waals surface area contributed by atoms with Crippen LogP contribution in [0.4, 0.5) is 0 Å². The van der Waals surface area contributed by atoms with Gasteiger partial charge in [0.15, 0.2) is 0 Å². The molecule has 1 aromatic carbocycles. The number of nitrogens with two attached hydrogens (primary N) is 1. The van der Waals surface area contributed by atoms with E-state index in [1.54, 1.807) is 19.2 Å². The summed E-state index contributed by atoms with van der Waals surface area (Å²) in [7, 11) is 1.72. The Morgan fingerprint density at radius 2 is 1.90 bits per heavy atom. The van der Waals surface area contributed by atoms with Crippen molar-refractivity contribution < 1.29 is 23.9 Å². The van der Waals surface area contributed by atoms with Crippen LogP contribution in [-0.4, -0.2) is 71.8 Å². The molecule has 1 atom stereocenters. The number of fused-ring (bicyclic) bond motifs is 2. The SMILES string of the molecule is COCC12CN(Cc3ccc4c(c3)C(=O)N(C3CCC(=O)NC3=O)C4=O)C(CN)(C1)C2. The molecule has 4 fully saturated rings. The summed E-state index contributed by atoms with van der Waals surface area (Å²) < 4.78 is 5.42. The summed E-state index contributed by atoms with van der Waals surface area (Å²) >= 11 is 0. The van der Waals surface area contributed by atoms with E-state index >= 15 is 0 Å². The van der Waals surface area contributed by atoms with Gasteiger partial charge in [-0.25, -0.2) is 0 Å². The molecule has 1 aliphatic carbocycles. The first kappa shape index (κ1) is 20.3. The molecule has 1 unspecified atom stereocenters. The molecule has 4 aliphatic heterocycles. The zero-order valence-electron chi connectivity index (χ0n) is 17.5. The van der Waals surface area contributed by atoms with Crippen molar-refractivity contribution in [2.75, 3.05) is 26.8 Å². The number of imide groups is 2. The van der Waals surface area contributed by atoms with Gasteiger partial charge in [-0.1, -0.05) is 6.07 Å². The third kappa shape index (κ3) is 2.95. The molecule has 6 rings (SSSR count). The number of nitrogens with zero attached hydrogens (tertiary/aromatic N) is 2. The van der Waals surface area contributed by atoms with Crippen molar-refractivity contribution in [2.24, 2.45) is 11.1 Å². The Bertz CT molecular complexity index is 1000. The molecule has 9 nitrogen and oxygen atoms in total. The molecule has 5 aliphatic rings. The van der Waals surface area contributed by atoms with Crippen molar-refractivity contribution in [3.8, 4) is 0 Å². The van der Waals surface area contributed by atoms with E-state index in [1.807, 2.05) is 6.07 Å². The van der Waals surface area contributed by atoms with E-state index in [0.717, 1.165) is 29.8 Å². The normalized spacial score (nSPS) is 32.3. The second kappa shape index (κ2) is 6.94. The van der Waals surface area contributed by atoms with Gasteiger partial charge in [0.1, 0.15) is 6.04 Å². The molecule has 2 bridgehead atoms. The molecular formula is C22H26N4O5. The van der Waals surface area contributed by atoms with Gasteiger partial charge in [0.2, 0.25) is 11.8 Å². The van der Waals surface area contributed by atoms with Gasteiger partial charge < -0.3 is 10.5 Å². The Morgan fingerprint density at radius 3 is 2.58 bits per heavy atom. The van der Waals surface area contributed by atoms with E-state index < -0.39 is 23.8 Å². The monoisotopic (exact) mass is 426 g/mol. The maximum atomic E-state index is 13.0. The van der Waals surface area contributed by atoms with Crippen LogP contribution in [0, 0.1) is 5.41 Å². The number of nitrogens with one attached hydrogen (secondary N) is 1. The molecule has 31 heavy (non-hydrogen) atoms. The summed E-state index contributed by atoms with van der Waals surface area (Å²) in [4.78, 5) is 52.9. The third-order valence-electron chi connectivity index (χ3n) is 7.31. The zero-order valence-corrected chi connectivity index (χ0v) is 17.5. The van der Waals surface area contributed by atoms with Crippen LogP contribution >= 0.6 is 0 Å². The van der Waals surface area contributed by atoms with Crippen LogP contribution < -0.4 is 11.1 Å². The number of ether oxygens (including phenoxy) is 1. The summed E-state index contributed by atoms with van der Waals surface area (Å²) in [6.07, 6.45) is 2.28. The zero-order chi connectivity index (χ0) is 22.0. The summed E-state index contributed by atoms with van der Waals surface area (Å²) in [5, 5.41) is 2.21. The Hall–Kier alpha value is -2.62. The van der Waals surface area contributed by atoms with Gasteiger partial charge in [-0.2, -0.15) is 0 Å². The summed E-state index contributed by atoms with van der Waals surface area (Å²) in [5.74, 6) is -1.95. The first-order chi connectivity index (χ1) is 14.8. The molecule has 0 aromatic heterocycles. The highest BCUT2D eigenvalue weighted by molar-refractivity contribution is 6.23. The quantitative estimate of drug-likeness (QED) is 0.615. The first-order valence-corrected chi connectivity index (χ1v) is 10.6. The Balaban J connectivity index is 1.36. The van der Waals surface area contributed by atoms with Gasteiger partial charge in [0.05, 0.1) is 17.7 Å². The highest BCUT2D eigenvalue weighted by Gasteiger charge is 2.64. The molecule has 0 spiro atoms. The molecule has 4 amide bonds. The Kier molecular flexibility index (Phi) is 4.55. The van der Waals surface area contributed by atoms with Gasteiger partial charge in [0.25, 0.3) is 11.8 Å². The molecule has 1 aromatic rings. The minimum absolute atomic E-state index is 0.0316. The molecule has 3 saturated heterocycles. The van der Waals surface area contributed by atoms with E-state index in [4.69, 9.17) is 10.5 Å². The molecule has 4 heterocycles. The van der Waals surface area contributed by atoms with Crippen LogP contribution in [0.15, 0.2) is 18.2 Å². The minimum Gasteiger partial charge on any atom is -0.384 e. The van der Waals surface area contributed by atoms with Crippen LogP contribution in [0.25, 0.3) is 0 Å². The fraction of sp³-hybridized carbons (Fsp3) is 0.545. The largest absolute Gasteiger partial charge is 0.384 e. The number of amides is 4. The van der Waals surface area contributed by atoms with Crippen LogP contribution in [0.1, 0.15) is 52.0 Å². The number of piperidine rings is 1. The van der Waals surface area contributed by atoms with Crippen molar-refractivity contribution in [1.29, 1.82) is 0 Å². The number of hydrogen-bond acceptors (Lipinski definition) is 7. The van der Waals surface area contributed by atoms with Crippen molar-refractivity contribution in [1.82, 2.24) is 15.1 Å². The topological polar surface area (TPSA) is 122 Å². The van der Waals surface area contributed by atoms with Crippen LogP contribution in [0.5, 0.6) is 0 Å². The second-order valence-electron chi connectivity index (χ2n) is 9.40. The van der Waals surface area contributed by atoms with Crippen LogP contribution in [0.3, 0.4) is 0 Å². The number of benzene rings is 1. The molecule has 9 heteroatoms. The molecule has 164 valence electrons. The molecule has 1 saturated carbocycles. The van der Waals surface area contributed by atoms with Gasteiger partial charge in [-0.15, -0.1) is 0 Å². The molecule has 3 N–H and O–H groups in total. The van der Waals surface area contributed by atoms with Crippen LogP contribution in [-0.2, 0) is 20.9 Å². The Labute approximate surface area is 179 Å². The average Bonchev–Trinajstić information content (AvgIpc) is 3.26. The Morgan fingerprint density at radius 1 is 1.16 bits per heavy atom. The van der Waals surface area contributed by atoms with Crippen molar-refractivity contribution in [2.45, 2.75) is 43.8 Å². The van der Waals surface area contributed by atoms with Gasteiger partial charge in [0, 0.05) is 44.1 Å². The van der Waals surface area contributed by atoms with Crippen molar-refractivity contribution in [3.05, 3.63) is 34.9 Å². The predicted octanol–water partition coefficient (Wildman–Crippen LogP) is 0.0275. The first-order valence-electron chi connectivity index (χ1n) is 10.6. The second-order valence-corrected chi connectivity index (χ2v) is 9.40. The number of hydrogen-bond donors (Lipinski definition) is 2. The van der Waals surface area contributed by atoms with Crippen molar-refractivity contribution >= 4 is 23.6 Å². The number of methoxy groups -OCH3 is 1. The number of carbonyl (C=O) groups is 4. The lowest BCUT2D eigenvalue weighted by Gasteiger charge is -2.47. The van der Waals surface area contributed by atoms with E-state index in [-0.39, 0.29) is 29.7 Å². The lowest BCUT2D eigenvalue weighted by atomic mass is 9.62. The highest BCUT2D eigenvalue weighted by atomic mass is 16.5. The van der Waals surface area contributed by atoms with E-state index in [2.05, 4.69) is 10.2 Å². The van der Waals surface area contributed by atoms with Gasteiger partial charge in [-0.05, 0) is 37.0 Å². The van der Waals surface area contributed by atoms with E-state index in [1.165, 1.54) is 0 Å². The summed E-state index contributed by atoms with van der Waals surface area (Å²) in [6.45, 7) is 2.81. The fourth-order valence-electron chi connectivity index (χ4n) is 6.04. The van der Waals surface area contributed by atoms with Crippen LogP contribution in [0.2, 0.25) is 0 Å².